The van der Waals surface area contributed by atoms with Crippen LogP contribution in [0.5, 0.6) is 5.75 Å². The van der Waals surface area contributed by atoms with Gasteiger partial charge in [-0.05, 0) is 48.0 Å². The van der Waals surface area contributed by atoms with Gasteiger partial charge >= 0.3 is 0 Å². The monoisotopic (exact) mass is 320 g/mol. The van der Waals surface area contributed by atoms with Gasteiger partial charge < -0.3 is 5.11 Å². The minimum absolute atomic E-state index is 0.169. The summed E-state index contributed by atoms with van der Waals surface area (Å²) < 4.78 is 1.36. The van der Waals surface area contributed by atoms with E-state index in [-0.39, 0.29) is 11.3 Å². The van der Waals surface area contributed by atoms with E-state index < -0.39 is 0 Å². The number of aromatic nitrogens is 2. The Kier molecular flexibility index (Phi) is 3.49. The second-order valence-electron chi connectivity index (χ2n) is 4.52. The molecule has 0 aliphatic carbocycles. The SMILES string of the molecule is O=c1cc(-c2ccc(O)cc2)[nH]n1-c1cc(Cl)cc(Cl)c1. The summed E-state index contributed by atoms with van der Waals surface area (Å²) in [4.78, 5) is 12.1. The van der Waals surface area contributed by atoms with Gasteiger partial charge in [-0.2, -0.15) is 0 Å². The van der Waals surface area contributed by atoms with Crippen LogP contribution in [0.4, 0.5) is 0 Å². The van der Waals surface area contributed by atoms with E-state index in [9.17, 15) is 9.90 Å². The fourth-order valence-corrected chi connectivity index (χ4v) is 2.56. The van der Waals surface area contributed by atoms with Gasteiger partial charge in [-0.1, -0.05) is 23.2 Å². The lowest BCUT2D eigenvalue weighted by molar-refractivity contribution is 0.475. The summed E-state index contributed by atoms with van der Waals surface area (Å²) >= 11 is 11.9. The molecule has 0 atom stereocenters. The lowest BCUT2D eigenvalue weighted by Crippen LogP contribution is -2.13. The quantitative estimate of drug-likeness (QED) is 0.753. The van der Waals surface area contributed by atoms with Crippen molar-refractivity contribution in [2.45, 2.75) is 0 Å². The number of aromatic hydroxyl groups is 1. The third-order valence-corrected chi connectivity index (χ3v) is 3.44. The van der Waals surface area contributed by atoms with Crippen molar-refractivity contribution < 1.29 is 5.11 Å². The first-order valence-electron chi connectivity index (χ1n) is 6.11. The Hall–Kier alpha value is -2.17. The van der Waals surface area contributed by atoms with Gasteiger partial charge in [-0.15, -0.1) is 0 Å². The fourth-order valence-electron chi connectivity index (χ4n) is 2.04. The first-order chi connectivity index (χ1) is 10.0. The highest BCUT2D eigenvalue weighted by Gasteiger charge is 2.08. The van der Waals surface area contributed by atoms with E-state index >= 15 is 0 Å². The van der Waals surface area contributed by atoms with Gasteiger partial charge in [-0.3, -0.25) is 9.89 Å². The van der Waals surface area contributed by atoms with Crippen molar-refractivity contribution in [1.82, 2.24) is 9.78 Å². The van der Waals surface area contributed by atoms with Crippen molar-refractivity contribution in [1.29, 1.82) is 0 Å². The zero-order valence-corrected chi connectivity index (χ0v) is 12.2. The van der Waals surface area contributed by atoms with Gasteiger partial charge in [0.05, 0.1) is 11.4 Å². The first kappa shape index (κ1) is 13.8. The zero-order chi connectivity index (χ0) is 15.0. The number of hydrogen-bond donors (Lipinski definition) is 2. The molecule has 0 fully saturated rings. The lowest BCUT2D eigenvalue weighted by Gasteiger charge is -2.04. The summed E-state index contributed by atoms with van der Waals surface area (Å²) in [5.74, 6) is 0.169. The molecule has 21 heavy (non-hydrogen) atoms. The van der Waals surface area contributed by atoms with Crippen LogP contribution >= 0.6 is 23.2 Å². The molecule has 1 aromatic heterocycles. The Morgan fingerprint density at radius 2 is 1.57 bits per heavy atom. The number of hydrogen-bond acceptors (Lipinski definition) is 2. The Morgan fingerprint density at radius 1 is 0.952 bits per heavy atom. The summed E-state index contributed by atoms with van der Waals surface area (Å²) in [6.07, 6.45) is 0. The third kappa shape index (κ3) is 2.82. The van der Waals surface area contributed by atoms with Crippen LogP contribution in [0.25, 0.3) is 16.9 Å². The van der Waals surface area contributed by atoms with E-state index in [2.05, 4.69) is 5.10 Å². The van der Waals surface area contributed by atoms with Gasteiger partial charge in [0.15, 0.2) is 0 Å². The van der Waals surface area contributed by atoms with Crippen LogP contribution in [0.2, 0.25) is 10.0 Å². The highest BCUT2D eigenvalue weighted by atomic mass is 35.5. The predicted molar refractivity (Wildman–Crippen MR) is 83.5 cm³/mol. The topological polar surface area (TPSA) is 58.0 Å². The largest absolute Gasteiger partial charge is 0.508 e. The number of benzene rings is 2. The Labute approximate surface area is 130 Å². The molecule has 1 heterocycles. The normalized spacial score (nSPS) is 10.8. The molecule has 0 radical (unpaired) electrons. The maximum absolute atomic E-state index is 12.1. The summed E-state index contributed by atoms with van der Waals surface area (Å²) in [5, 5.41) is 13.2. The summed E-state index contributed by atoms with van der Waals surface area (Å²) in [5.41, 5.74) is 1.76. The van der Waals surface area contributed by atoms with E-state index in [1.54, 1.807) is 42.5 Å². The Balaban J connectivity index is 2.09. The molecule has 2 N–H and O–H groups in total. The molecule has 3 rings (SSSR count). The molecule has 0 unspecified atom stereocenters. The minimum atomic E-state index is -0.226. The molecule has 0 amide bonds. The minimum Gasteiger partial charge on any atom is -0.508 e. The van der Waals surface area contributed by atoms with Crippen molar-refractivity contribution in [3.8, 4) is 22.7 Å². The smallest absolute Gasteiger partial charge is 0.271 e. The number of nitrogens with one attached hydrogen (secondary N) is 1. The number of phenolic OH excluding ortho intramolecular Hbond substituents is 1. The Bertz CT molecular complexity index is 831. The first-order valence-corrected chi connectivity index (χ1v) is 6.86. The molecule has 6 heteroatoms. The molecular weight excluding hydrogens is 311 g/mol. The van der Waals surface area contributed by atoms with Gasteiger partial charge in [-0.25, -0.2) is 4.68 Å². The number of phenols is 1. The molecule has 4 nitrogen and oxygen atoms in total. The van der Waals surface area contributed by atoms with E-state index in [0.717, 1.165) is 5.56 Å². The number of rotatable bonds is 2. The van der Waals surface area contributed by atoms with Crippen LogP contribution in [0, 0.1) is 0 Å². The highest BCUT2D eigenvalue weighted by Crippen LogP contribution is 2.23. The Morgan fingerprint density at radius 3 is 2.19 bits per heavy atom. The molecule has 0 bridgehead atoms. The summed E-state index contributed by atoms with van der Waals surface area (Å²) in [6, 6.07) is 12.9. The average Bonchev–Trinajstić information content (AvgIpc) is 2.80. The molecule has 106 valence electrons. The van der Waals surface area contributed by atoms with Gasteiger partial charge in [0.2, 0.25) is 0 Å². The predicted octanol–water partition coefficient (Wildman–Crippen LogP) is 3.85. The second-order valence-corrected chi connectivity index (χ2v) is 5.39. The van der Waals surface area contributed by atoms with Crippen molar-refractivity contribution in [2.75, 3.05) is 0 Å². The van der Waals surface area contributed by atoms with Crippen molar-refractivity contribution in [3.63, 3.8) is 0 Å². The van der Waals surface area contributed by atoms with Crippen LogP contribution in [0.15, 0.2) is 53.3 Å². The number of halogens is 2. The van der Waals surface area contributed by atoms with Gasteiger partial charge in [0.25, 0.3) is 5.56 Å². The molecule has 2 aromatic carbocycles. The zero-order valence-electron chi connectivity index (χ0n) is 10.7. The van der Waals surface area contributed by atoms with E-state index in [4.69, 9.17) is 23.2 Å². The molecule has 0 saturated heterocycles. The van der Waals surface area contributed by atoms with Gasteiger partial charge in [0, 0.05) is 16.1 Å². The molecule has 0 saturated carbocycles. The maximum atomic E-state index is 12.1. The molecule has 0 aliphatic heterocycles. The standard InChI is InChI=1S/C15H10Cl2N2O2/c16-10-5-11(17)7-12(6-10)19-15(21)8-14(18-19)9-1-3-13(20)4-2-9/h1-8,18,20H. The second kappa shape index (κ2) is 5.31. The lowest BCUT2D eigenvalue weighted by atomic mass is 10.1. The maximum Gasteiger partial charge on any atom is 0.271 e. The van der Waals surface area contributed by atoms with Crippen molar-refractivity contribution >= 4 is 23.2 Å². The van der Waals surface area contributed by atoms with Gasteiger partial charge in [0.1, 0.15) is 5.75 Å². The molecule has 0 spiro atoms. The third-order valence-electron chi connectivity index (χ3n) is 3.00. The summed E-state index contributed by atoms with van der Waals surface area (Å²) in [6.45, 7) is 0. The molecule has 0 aliphatic rings. The van der Waals surface area contributed by atoms with Crippen LogP contribution in [0.1, 0.15) is 0 Å². The fraction of sp³-hybridized carbons (Fsp3) is 0. The van der Waals surface area contributed by atoms with Crippen LogP contribution in [0.3, 0.4) is 0 Å². The van der Waals surface area contributed by atoms with E-state index in [1.165, 1.54) is 10.7 Å². The van der Waals surface area contributed by atoms with Crippen LogP contribution in [-0.2, 0) is 0 Å². The van der Waals surface area contributed by atoms with E-state index in [1.807, 2.05) is 0 Å². The van der Waals surface area contributed by atoms with Crippen molar-refractivity contribution in [3.05, 3.63) is 68.9 Å². The van der Waals surface area contributed by atoms with Crippen molar-refractivity contribution in [2.24, 2.45) is 0 Å². The van der Waals surface area contributed by atoms with Crippen LogP contribution in [-0.4, -0.2) is 14.9 Å². The number of H-pyrrole nitrogens is 1. The van der Waals surface area contributed by atoms with E-state index in [0.29, 0.717) is 21.4 Å². The molecule has 3 aromatic rings. The number of nitrogens with zero attached hydrogens (tertiary/aromatic N) is 1. The molecular formula is C15H10Cl2N2O2. The summed E-state index contributed by atoms with van der Waals surface area (Å²) in [7, 11) is 0. The van der Waals surface area contributed by atoms with Crippen LogP contribution < -0.4 is 5.56 Å². The highest BCUT2D eigenvalue weighted by molar-refractivity contribution is 6.34. The number of aromatic amines is 1. The average molecular weight is 321 g/mol.